The zero-order valence-electron chi connectivity index (χ0n) is 20.6. The molecule has 8 nitrogen and oxygen atoms in total. The predicted molar refractivity (Wildman–Crippen MR) is 135 cm³/mol. The molecule has 3 aromatic rings. The van der Waals surface area contributed by atoms with E-state index in [1.165, 1.54) is 0 Å². The van der Waals surface area contributed by atoms with Crippen molar-refractivity contribution < 1.29 is 27.4 Å². The van der Waals surface area contributed by atoms with Crippen LogP contribution in [-0.2, 0) is 16.6 Å². The quantitative estimate of drug-likeness (QED) is 0.410. The van der Waals surface area contributed by atoms with Crippen molar-refractivity contribution in [3.05, 3.63) is 60.3 Å². The van der Waals surface area contributed by atoms with E-state index in [4.69, 9.17) is 9.47 Å². The number of halogens is 3. The van der Waals surface area contributed by atoms with Crippen LogP contribution in [0, 0.1) is 6.92 Å². The Balaban J connectivity index is 1.54. The molecule has 0 bridgehead atoms. The number of benzene rings is 1. The van der Waals surface area contributed by atoms with Crippen LogP contribution in [0.15, 0.2) is 54.8 Å². The first-order chi connectivity index (χ1) is 17.7. The number of anilines is 2. The van der Waals surface area contributed by atoms with Crippen LogP contribution < -0.4 is 15.0 Å². The Kier molecular flexibility index (Phi) is 7.82. The summed E-state index contributed by atoms with van der Waals surface area (Å²) in [7, 11) is 1.87. The van der Waals surface area contributed by atoms with Crippen molar-refractivity contribution in [2.45, 2.75) is 25.9 Å². The van der Waals surface area contributed by atoms with Crippen LogP contribution >= 0.6 is 0 Å². The van der Waals surface area contributed by atoms with Gasteiger partial charge in [-0.25, -0.2) is 4.98 Å². The van der Waals surface area contributed by atoms with Crippen LogP contribution in [0.5, 0.6) is 11.6 Å². The Labute approximate surface area is 212 Å². The molecule has 4 rings (SSSR count). The van der Waals surface area contributed by atoms with Gasteiger partial charge < -0.3 is 24.3 Å². The smallest absolute Gasteiger partial charge is 0.412 e. The van der Waals surface area contributed by atoms with Gasteiger partial charge in [-0.3, -0.25) is 4.79 Å². The van der Waals surface area contributed by atoms with E-state index in [9.17, 15) is 18.0 Å². The zero-order chi connectivity index (χ0) is 26.6. The van der Waals surface area contributed by atoms with Gasteiger partial charge in [0.1, 0.15) is 11.3 Å². The second kappa shape index (κ2) is 11.0. The van der Waals surface area contributed by atoms with Gasteiger partial charge in [0.15, 0.2) is 0 Å². The standard InChI is InChI=1S/C26H28F3N5O3/c1-4-5-18(26(27,28)29)7-9-22(35)30-19-8-6-17(2)21(16-19)37-24-23-20(10-11-33(23)3)31-25(32-24)34-12-14-36-15-13-34/h4-6,8,10-11,16H,1,7,9,12-15H2,2-3H3,(H,30,35)/b18-5+. The lowest BCUT2D eigenvalue weighted by atomic mass is 10.1. The molecule has 0 spiro atoms. The highest BCUT2D eigenvalue weighted by Crippen LogP contribution is 2.33. The van der Waals surface area contributed by atoms with Crippen molar-refractivity contribution in [3.8, 4) is 11.6 Å². The molecule has 0 aliphatic carbocycles. The number of nitrogens with zero attached hydrogens (tertiary/aromatic N) is 4. The number of aryl methyl sites for hydroxylation is 2. The number of nitrogens with one attached hydrogen (secondary N) is 1. The highest BCUT2D eigenvalue weighted by atomic mass is 19.4. The number of fused-ring (bicyclic) bond motifs is 1. The van der Waals surface area contributed by atoms with Gasteiger partial charge in [0.05, 0.1) is 18.7 Å². The lowest BCUT2D eigenvalue weighted by Gasteiger charge is -2.27. The first-order valence-electron chi connectivity index (χ1n) is 11.8. The largest absolute Gasteiger partial charge is 0.437 e. The molecule has 196 valence electrons. The number of rotatable bonds is 8. The van der Waals surface area contributed by atoms with Crippen LogP contribution in [0.2, 0.25) is 0 Å². The fraction of sp³-hybridized carbons (Fsp3) is 0.346. The lowest BCUT2D eigenvalue weighted by molar-refractivity contribution is -0.116. The summed E-state index contributed by atoms with van der Waals surface area (Å²) < 4.78 is 52.7. The Morgan fingerprint density at radius 1 is 1.22 bits per heavy atom. The molecule has 1 saturated heterocycles. The molecule has 2 aromatic heterocycles. The third-order valence-corrected chi connectivity index (χ3v) is 5.95. The summed E-state index contributed by atoms with van der Waals surface area (Å²) in [6.45, 7) is 7.65. The summed E-state index contributed by atoms with van der Waals surface area (Å²) in [5.74, 6) is 0.798. The van der Waals surface area contributed by atoms with Crippen LogP contribution in [0.3, 0.4) is 0 Å². The van der Waals surface area contributed by atoms with E-state index in [0.717, 1.165) is 23.2 Å². The van der Waals surface area contributed by atoms with Gasteiger partial charge in [-0.15, -0.1) is 0 Å². The molecule has 1 amide bonds. The van der Waals surface area contributed by atoms with E-state index in [1.54, 1.807) is 18.2 Å². The Morgan fingerprint density at radius 3 is 2.68 bits per heavy atom. The maximum absolute atomic E-state index is 13.1. The maximum Gasteiger partial charge on any atom is 0.412 e. The van der Waals surface area contributed by atoms with E-state index in [0.29, 0.717) is 55.1 Å². The molecule has 0 saturated carbocycles. The van der Waals surface area contributed by atoms with Gasteiger partial charge in [-0.05, 0) is 31.0 Å². The van der Waals surface area contributed by atoms with Crippen LogP contribution in [0.4, 0.5) is 24.8 Å². The van der Waals surface area contributed by atoms with E-state index in [2.05, 4.69) is 21.9 Å². The number of alkyl halides is 3. The molecule has 0 radical (unpaired) electrons. The van der Waals surface area contributed by atoms with Crippen molar-refractivity contribution in [3.63, 3.8) is 0 Å². The number of aromatic nitrogens is 3. The van der Waals surface area contributed by atoms with Gasteiger partial charge in [-0.1, -0.05) is 24.8 Å². The number of hydrogen-bond donors (Lipinski definition) is 1. The molecule has 11 heteroatoms. The molecule has 1 aromatic carbocycles. The normalized spacial score (nSPS) is 14.6. The predicted octanol–water partition coefficient (Wildman–Crippen LogP) is 5.30. The van der Waals surface area contributed by atoms with Gasteiger partial charge in [0.2, 0.25) is 17.7 Å². The van der Waals surface area contributed by atoms with E-state index in [1.807, 2.05) is 35.7 Å². The Morgan fingerprint density at radius 2 is 1.97 bits per heavy atom. The lowest BCUT2D eigenvalue weighted by Crippen LogP contribution is -2.37. The van der Waals surface area contributed by atoms with Gasteiger partial charge in [-0.2, -0.15) is 18.2 Å². The molecule has 0 atom stereocenters. The third kappa shape index (κ3) is 6.29. The van der Waals surface area contributed by atoms with Crippen molar-refractivity contribution >= 4 is 28.6 Å². The summed E-state index contributed by atoms with van der Waals surface area (Å²) in [5, 5.41) is 2.65. The first kappa shape index (κ1) is 26.2. The SMILES string of the molecule is C=C/C=C(\CCC(=O)Nc1ccc(C)c(Oc2nc(N3CCOCC3)nc3ccn(C)c23)c1)C(F)(F)F. The molecule has 0 unspecified atom stereocenters. The van der Waals surface area contributed by atoms with Crippen molar-refractivity contribution in [1.82, 2.24) is 14.5 Å². The van der Waals surface area contributed by atoms with Crippen molar-refractivity contribution in [2.24, 2.45) is 7.05 Å². The zero-order valence-corrected chi connectivity index (χ0v) is 20.6. The number of carbonyl (C=O) groups is 1. The number of hydrogen-bond acceptors (Lipinski definition) is 6. The number of amides is 1. The number of allylic oxidation sites excluding steroid dienone is 3. The molecular weight excluding hydrogens is 487 g/mol. The van der Waals surface area contributed by atoms with Crippen molar-refractivity contribution in [2.75, 3.05) is 36.5 Å². The number of ether oxygens (including phenoxy) is 2. The summed E-state index contributed by atoms with van der Waals surface area (Å²) in [6.07, 6.45) is -1.49. The van der Waals surface area contributed by atoms with E-state index < -0.39 is 24.1 Å². The minimum atomic E-state index is -4.51. The fourth-order valence-corrected chi connectivity index (χ4v) is 3.95. The maximum atomic E-state index is 13.1. The molecule has 3 heterocycles. The van der Waals surface area contributed by atoms with E-state index >= 15 is 0 Å². The molecule has 1 aliphatic rings. The topological polar surface area (TPSA) is 81.5 Å². The number of carbonyl (C=O) groups excluding carboxylic acids is 1. The second-order valence-corrected chi connectivity index (χ2v) is 8.64. The highest BCUT2D eigenvalue weighted by Gasteiger charge is 2.32. The summed E-state index contributed by atoms with van der Waals surface area (Å²) in [4.78, 5) is 23.8. The number of morpholine rings is 1. The summed E-state index contributed by atoms with van der Waals surface area (Å²) >= 11 is 0. The molecule has 1 fully saturated rings. The van der Waals surface area contributed by atoms with Crippen LogP contribution in [0.1, 0.15) is 18.4 Å². The molecule has 37 heavy (non-hydrogen) atoms. The van der Waals surface area contributed by atoms with E-state index in [-0.39, 0.29) is 6.42 Å². The van der Waals surface area contributed by atoms with Crippen LogP contribution in [-0.4, -0.2) is 52.9 Å². The molecular formula is C26H28F3N5O3. The molecule has 1 N–H and O–H groups in total. The minimum absolute atomic E-state index is 0.331. The second-order valence-electron chi connectivity index (χ2n) is 8.64. The summed E-state index contributed by atoms with van der Waals surface area (Å²) in [5.41, 5.74) is 1.82. The average Bonchev–Trinajstić information content (AvgIpc) is 3.24. The summed E-state index contributed by atoms with van der Waals surface area (Å²) in [6, 6.07) is 6.94. The average molecular weight is 516 g/mol. The first-order valence-corrected chi connectivity index (χ1v) is 11.8. The fourth-order valence-electron chi connectivity index (χ4n) is 3.95. The molecule has 1 aliphatic heterocycles. The van der Waals surface area contributed by atoms with Crippen molar-refractivity contribution in [1.29, 1.82) is 0 Å². The van der Waals surface area contributed by atoms with Crippen LogP contribution in [0.25, 0.3) is 11.0 Å². The Bertz CT molecular complexity index is 1330. The third-order valence-electron chi connectivity index (χ3n) is 5.95. The minimum Gasteiger partial charge on any atom is -0.437 e. The van der Waals surface area contributed by atoms with Gasteiger partial charge in [0.25, 0.3) is 0 Å². The highest BCUT2D eigenvalue weighted by molar-refractivity contribution is 5.91. The van der Waals surface area contributed by atoms with Gasteiger partial charge in [0, 0.05) is 50.1 Å². The van der Waals surface area contributed by atoms with Gasteiger partial charge >= 0.3 is 6.18 Å². The monoisotopic (exact) mass is 515 g/mol. The Hall–Kier alpha value is -3.86.